The lowest BCUT2D eigenvalue weighted by Crippen LogP contribution is -2.42. The molecule has 0 bridgehead atoms. The highest BCUT2D eigenvalue weighted by Crippen LogP contribution is 2.36. The van der Waals surface area contributed by atoms with E-state index in [4.69, 9.17) is 11.6 Å². The van der Waals surface area contributed by atoms with Gasteiger partial charge in [-0.15, -0.1) is 4.40 Å². The standard InChI is InChI=1S/C23H24ClN3O4S2/c24-16-11-13-17(14-12-16)25-21(28)15-20-22(29)27(18-7-3-1-4-8-18)23(32-20)26-33(30,31)19-9-5-2-6-10-19/h2,5-6,9-14,18,20H,1,3-4,7-8,15H2,(H,25,28). The van der Waals surface area contributed by atoms with Gasteiger partial charge in [-0.25, -0.2) is 0 Å². The minimum absolute atomic E-state index is 0.0677. The Morgan fingerprint density at radius 3 is 2.39 bits per heavy atom. The zero-order chi connectivity index (χ0) is 23.4. The molecule has 0 radical (unpaired) electrons. The fourth-order valence-corrected chi connectivity index (χ4v) is 6.56. The second-order valence-corrected chi connectivity index (χ2v) is 11.2. The van der Waals surface area contributed by atoms with Crippen LogP contribution in [-0.2, 0) is 19.6 Å². The van der Waals surface area contributed by atoms with Gasteiger partial charge in [0.15, 0.2) is 5.17 Å². The second-order valence-electron chi connectivity index (χ2n) is 8.03. The van der Waals surface area contributed by atoms with Crippen LogP contribution in [0.2, 0.25) is 5.02 Å². The molecule has 1 N–H and O–H groups in total. The van der Waals surface area contributed by atoms with Crippen LogP contribution in [-0.4, -0.2) is 41.6 Å². The van der Waals surface area contributed by atoms with Gasteiger partial charge < -0.3 is 5.32 Å². The van der Waals surface area contributed by atoms with Crippen molar-refractivity contribution in [1.82, 2.24) is 4.90 Å². The Morgan fingerprint density at radius 2 is 1.73 bits per heavy atom. The summed E-state index contributed by atoms with van der Waals surface area (Å²) in [5.41, 5.74) is 0.574. The third-order valence-electron chi connectivity index (χ3n) is 5.64. The molecule has 2 amide bonds. The lowest BCUT2D eigenvalue weighted by atomic mass is 9.94. The normalized spacial score (nSPS) is 20.9. The third-order valence-corrected chi connectivity index (χ3v) is 8.44. The number of sulfonamides is 1. The van der Waals surface area contributed by atoms with Crippen molar-refractivity contribution in [1.29, 1.82) is 0 Å². The van der Waals surface area contributed by atoms with Crippen LogP contribution in [0.3, 0.4) is 0 Å². The molecule has 1 atom stereocenters. The summed E-state index contributed by atoms with van der Waals surface area (Å²) in [6.45, 7) is 0. The molecule has 2 fully saturated rings. The summed E-state index contributed by atoms with van der Waals surface area (Å²) in [4.78, 5) is 27.5. The van der Waals surface area contributed by atoms with Gasteiger partial charge in [-0.3, -0.25) is 14.5 Å². The fourth-order valence-electron chi connectivity index (χ4n) is 4.02. The van der Waals surface area contributed by atoms with Crippen LogP contribution in [0.25, 0.3) is 0 Å². The van der Waals surface area contributed by atoms with E-state index in [-0.39, 0.29) is 34.3 Å². The van der Waals surface area contributed by atoms with E-state index in [0.29, 0.717) is 10.7 Å². The SMILES string of the molecule is O=C(CC1SC(=NS(=O)(=O)c2ccccc2)N(C2CCCCC2)C1=O)Nc1ccc(Cl)cc1. The first kappa shape index (κ1) is 23.8. The van der Waals surface area contributed by atoms with Crippen LogP contribution >= 0.6 is 23.4 Å². The van der Waals surface area contributed by atoms with Gasteiger partial charge in [0.1, 0.15) is 5.25 Å². The summed E-state index contributed by atoms with van der Waals surface area (Å²) in [5.74, 6) is -0.598. The molecule has 0 spiro atoms. The van der Waals surface area contributed by atoms with Gasteiger partial charge in [0.05, 0.1) is 4.90 Å². The van der Waals surface area contributed by atoms with Gasteiger partial charge in [-0.1, -0.05) is 60.8 Å². The summed E-state index contributed by atoms with van der Waals surface area (Å²) in [6, 6.07) is 14.5. The summed E-state index contributed by atoms with van der Waals surface area (Å²) < 4.78 is 29.8. The molecule has 174 valence electrons. The first-order chi connectivity index (χ1) is 15.8. The van der Waals surface area contributed by atoms with Gasteiger partial charge in [0, 0.05) is 23.2 Å². The summed E-state index contributed by atoms with van der Waals surface area (Å²) in [5, 5.41) is 2.73. The topological polar surface area (TPSA) is 95.9 Å². The smallest absolute Gasteiger partial charge is 0.284 e. The number of rotatable bonds is 6. The maximum Gasteiger partial charge on any atom is 0.284 e. The molecule has 7 nitrogen and oxygen atoms in total. The Labute approximate surface area is 202 Å². The second kappa shape index (κ2) is 10.3. The molecule has 2 aliphatic rings. The Bertz CT molecular complexity index is 1150. The number of carbonyl (C=O) groups excluding carboxylic acids is 2. The quantitative estimate of drug-likeness (QED) is 0.614. The first-order valence-corrected chi connectivity index (χ1v) is 13.5. The van der Waals surface area contributed by atoms with Crippen molar-refractivity contribution in [3.8, 4) is 0 Å². The van der Waals surface area contributed by atoms with E-state index in [0.717, 1.165) is 43.9 Å². The van der Waals surface area contributed by atoms with Crippen molar-refractivity contribution in [2.45, 2.75) is 54.7 Å². The Hall–Kier alpha value is -2.36. The van der Waals surface area contributed by atoms with E-state index < -0.39 is 15.3 Å². The predicted molar refractivity (Wildman–Crippen MR) is 131 cm³/mol. The number of thioether (sulfide) groups is 1. The van der Waals surface area contributed by atoms with Crippen molar-refractivity contribution in [2.24, 2.45) is 4.40 Å². The maximum absolute atomic E-state index is 13.3. The summed E-state index contributed by atoms with van der Waals surface area (Å²) in [7, 11) is -3.98. The van der Waals surface area contributed by atoms with E-state index >= 15 is 0 Å². The van der Waals surface area contributed by atoms with Crippen molar-refractivity contribution in [3.63, 3.8) is 0 Å². The zero-order valence-electron chi connectivity index (χ0n) is 17.8. The lowest BCUT2D eigenvalue weighted by molar-refractivity contribution is -0.130. The van der Waals surface area contributed by atoms with E-state index in [1.165, 1.54) is 17.0 Å². The molecule has 4 rings (SSSR count). The molecular formula is C23H24ClN3O4S2. The molecule has 1 heterocycles. The minimum Gasteiger partial charge on any atom is -0.326 e. The van der Waals surface area contributed by atoms with Crippen LogP contribution in [0.15, 0.2) is 63.9 Å². The number of amides is 2. The highest BCUT2D eigenvalue weighted by Gasteiger charge is 2.43. The molecule has 33 heavy (non-hydrogen) atoms. The van der Waals surface area contributed by atoms with Crippen molar-refractivity contribution in [3.05, 3.63) is 59.6 Å². The maximum atomic E-state index is 13.3. The lowest BCUT2D eigenvalue weighted by Gasteiger charge is -2.30. The Balaban J connectivity index is 1.56. The summed E-state index contributed by atoms with van der Waals surface area (Å²) in [6.07, 6.45) is 4.53. The molecule has 10 heteroatoms. The van der Waals surface area contributed by atoms with Crippen LogP contribution in [0.4, 0.5) is 5.69 Å². The van der Waals surface area contributed by atoms with Gasteiger partial charge in [0.25, 0.3) is 10.0 Å². The van der Waals surface area contributed by atoms with Gasteiger partial charge >= 0.3 is 0 Å². The molecule has 1 aliphatic heterocycles. The van der Waals surface area contributed by atoms with Gasteiger partial charge in [0.2, 0.25) is 11.8 Å². The van der Waals surface area contributed by atoms with Gasteiger partial charge in [-0.05, 0) is 49.2 Å². The van der Waals surface area contributed by atoms with Crippen molar-refractivity contribution < 1.29 is 18.0 Å². The van der Waals surface area contributed by atoms with Crippen molar-refractivity contribution in [2.75, 3.05) is 5.32 Å². The Kier molecular flexibility index (Phi) is 7.41. The molecule has 2 aromatic rings. The molecular weight excluding hydrogens is 482 g/mol. The van der Waals surface area contributed by atoms with Gasteiger partial charge in [-0.2, -0.15) is 8.42 Å². The number of carbonyl (C=O) groups is 2. The predicted octanol–water partition coefficient (Wildman–Crippen LogP) is 4.69. The number of hydrogen-bond donors (Lipinski definition) is 1. The average molecular weight is 506 g/mol. The summed E-state index contributed by atoms with van der Waals surface area (Å²) >= 11 is 6.93. The number of anilines is 1. The van der Waals surface area contributed by atoms with Crippen LogP contribution in [0.5, 0.6) is 0 Å². The number of amidine groups is 1. The number of hydrogen-bond acceptors (Lipinski definition) is 5. The Morgan fingerprint density at radius 1 is 1.06 bits per heavy atom. The third kappa shape index (κ3) is 5.77. The van der Waals surface area contributed by atoms with E-state index in [9.17, 15) is 18.0 Å². The van der Waals surface area contributed by atoms with Crippen LogP contribution in [0.1, 0.15) is 38.5 Å². The van der Waals surface area contributed by atoms with E-state index in [1.54, 1.807) is 42.5 Å². The zero-order valence-corrected chi connectivity index (χ0v) is 20.2. The van der Waals surface area contributed by atoms with Crippen molar-refractivity contribution >= 4 is 56.1 Å². The number of halogens is 1. The molecule has 1 saturated carbocycles. The molecule has 1 aliphatic carbocycles. The minimum atomic E-state index is -3.98. The largest absolute Gasteiger partial charge is 0.326 e. The molecule has 0 aromatic heterocycles. The first-order valence-electron chi connectivity index (χ1n) is 10.8. The average Bonchev–Trinajstić information content (AvgIpc) is 3.10. The molecule has 1 saturated heterocycles. The monoisotopic (exact) mass is 505 g/mol. The highest BCUT2D eigenvalue weighted by atomic mass is 35.5. The van der Waals surface area contributed by atoms with E-state index in [2.05, 4.69) is 9.71 Å². The molecule has 2 aromatic carbocycles. The molecule has 1 unspecified atom stereocenters. The number of nitrogens with one attached hydrogen (secondary N) is 1. The van der Waals surface area contributed by atoms with Crippen LogP contribution in [0, 0.1) is 0 Å². The number of nitrogens with zero attached hydrogens (tertiary/aromatic N) is 2. The van der Waals surface area contributed by atoms with Crippen LogP contribution < -0.4 is 5.32 Å². The number of benzene rings is 2. The highest BCUT2D eigenvalue weighted by molar-refractivity contribution is 8.16. The fraction of sp³-hybridized carbons (Fsp3) is 0.348. The van der Waals surface area contributed by atoms with E-state index in [1.807, 2.05) is 0 Å².